The summed E-state index contributed by atoms with van der Waals surface area (Å²) in [5.41, 5.74) is 1.01. The van der Waals surface area contributed by atoms with Crippen LogP contribution in [0.25, 0.3) is 0 Å². The van der Waals surface area contributed by atoms with Gasteiger partial charge in [-0.15, -0.1) is 0 Å². The van der Waals surface area contributed by atoms with Crippen LogP contribution in [-0.4, -0.2) is 41.5 Å². The molecule has 15 heavy (non-hydrogen) atoms. The van der Waals surface area contributed by atoms with E-state index in [4.69, 9.17) is 0 Å². The third-order valence-corrected chi connectivity index (χ3v) is 2.83. The number of hydrogen-bond donors (Lipinski definition) is 1. The summed E-state index contributed by atoms with van der Waals surface area (Å²) in [5.74, 6) is 1.49. The zero-order valence-corrected chi connectivity index (χ0v) is 9.40. The second kappa shape index (κ2) is 4.57. The summed E-state index contributed by atoms with van der Waals surface area (Å²) >= 11 is 0. The van der Waals surface area contributed by atoms with Crippen molar-refractivity contribution < 1.29 is 0 Å². The van der Waals surface area contributed by atoms with Gasteiger partial charge in [-0.2, -0.15) is 0 Å². The molecule has 1 N–H and O–H groups in total. The average Bonchev–Trinajstić information content (AvgIpc) is 2.62. The van der Waals surface area contributed by atoms with Crippen molar-refractivity contribution in [3.63, 3.8) is 0 Å². The summed E-state index contributed by atoms with van der Waals surface area (Å²) < 4.78 is 0. The van der Waals surface area contributed by atoms with Crippen LogP contribution in [0.5, 0.6) is 0 Å². The second-order valence-electron chi connectivity index (χ2n) is 4.32. The van der Waals surface area contributed by atoms with Gasteiger partial charge in [-0.25, -0.2) is 9.97 Å². The Balaban J connectivity index is 1.83. The highest BCUT2D eigenvalue weighted by molar-refractivity contribution is 5.24. The van der Waals surface area contributed by atoms with Gasteiger partial charge in [0.2, 0.25) is 5.95 Å². The topological polar surface area (TPSA) is 41.1 Å². The Kier molecular flexibility index (Phi) is 3.16. The Morgan fingerprint density at radius 1 is 1.60 bits per heavy atom. The van der Waals surface area contributed by atoms with Gasteiger partial charge < -0.3 is 10.2 Å². The van der Waals surface area contributed by atoms with E-state index in [2.05, 4.69) is 27.2 Å². The number of hydrogen-bond acceptors (Lipinski definition) is 4. The van der Waals surface area contributed by atoms with E-state index in [-0.39, 0.29) is 0 Å². The minimum Gasteiger partial charge on any atom is -0.354 e. The van der Waals surface area contributed by atoms with Crippen molar-refractivity contribution in [2.45, 2.75) is 13.3 Å². The van der Waals surface area contributed by atoms with Crippen LogP contribution in [0.1, 0.15) is 12.1 Å². The van der Waals surface area contributed by atoms with E-state index in [0.29, 0.717) is 0 Å². The Labute approximate surface area is 90.7 Å². The second-order valence-corrected chi connectivity index (χ2v) is 4.32. The molecule has 1 saturated heterocycles. The number of likely N-dealkylation sites (tertiary alicyclic amines) is 1. The van der Waals surface area contributed by atoms with Crippen molar-refractivity contribution >= 4 is 5.95 Å². The number of nitrogens with one attached hydrogen (secondary N) is 1. The van der Waals surface area contributed by atoms with Crippen molar-refractivity contribution in [2.24, 2.45) is 5.92 Å². The zero-order valence-electron chi connectivity index (χ0n) is 9.40. The standard InChI is InChI=1S/C11H18N4/c1-9-3-5-12-11(14-9)13-7-10-4-6-15(2)8-10/h3,5,10H,4,6-8H2,1-2H3,(H,12,13,14). The van der Waals surface area contributed by atoms with Crippen LogP contribution in [0.2, 0.25) is 0 Å². The molecule has 82 valence electrons. The molecule has 0 radical (unpaired) electrons. The van der Waals surface area contributed by atoms with E-state index in [1.54, 1.807) is 6.20 Å². The van der Waals surface area contributed by atoms with Gasteiger partial charge in [-0.3, -0.25) is 0 Å². The quantitative estimate of drug-likeness (QED) is 0.805. The fraction of sp³-hybridized carbons (Fsp3) is 0.636. The molecule has 0 aromatic carbocycles. The first-order valence-electron chi connectivity index (χ1n) is 5.46. The molecule has 2 rings (SSSR count). The van der Waals surface area contributed by atoms with E-state index in [1.165, 1.54) is 19.5 Å². The van der Waals surface area contributed by atoms with Gasteiger partial charge in [0.1, 0.15) is 0 Å². The third-order valence-electron chi connectivity index (χ3n) is 2.83. The molecular formula is C11H18N4. The lowest BCUT2D eigenvalue weighted by molar-refractivity contribution is 0.399. The van der Waals surface area contributed by atoms with Crippen LogP contribution in [0, 0.1) is 12.8 Å². The number of nitrogens with zero attached hydrogens (tertiary/aromatic N) is 3. The smallest absolute Gasteiger partial charge is 0.222 e. The van der Waals surface area contributed by atoms with E-state index < -0.39 is 0 Å². The Morgan fingerprint density at radius 2 is 2.47 bits per heavy atom. The maximum absolute atomic E-state index is 4.32. The van der Waals surface area contributed by atoms with Crippen molar-refractivity contribution in [2.75, 3.05) is 32.0 Å². The molecule has 0 spiro atoms. The Hall–Kier alpha value is -1.16. The molecule has 1 aliphatic rings. The van der Waals surface area contributed by atoms with E-state index in [9.17, 15) is 0 Å². The highest BCUT2D eigenvalue weighted by Crippen LogP contribution is 2.14. The fourth-order valence-electron chi connectivity index (χ4n) is 1.96. The third kappa shape index (κ3) is 2.89. The summed E-state index contributed by atoms with van der Waals surface area (Å²) in [4.78, 5) is 10.9. The van der Waals surface area contributed by atoms with Crippen LogP contribution in [0.15, 0.2) is 12.3 Å². The molecule has 1 unspecified atom stereocenters. The number of aromatic nitrogens is 2. The minimum absolute atomic E-state index is 0.735. The molecule has 1 atom stereocenters. The average molecular weight is 206 g/mol. The Bertz CT molecular complexity index is 326. The molecule has 4 nitrogen and oxygen atoms in total. The highest BCUT2D eigenvalue weighted by Gasteiger charge is 2.18. The van der Waals surface area contributed by atoms with Crippen LogP contribution in [0.3, 0.4) is 0 Å². The molecule has 1 aliphatic heterocycles. The summed E-state index contributed by atoms with van der Waals surface area (Å²) in [5, 5.41) is 3.30. The highest BCUT2D eigenvalue weighted by atomic mass is 15.1. The predicted octanol–water partition coefficient (Wildman–Crippen LogP) is 1.15. The van der Waals surface area contributed by atoms with Crippen molar-refractivity contribution in [1.29, 1.82) is 0 Å². The first kappa shape index (κ1) is 10.4. The Morgan fingerprint density at radius 3 is 3.13 bits per heavy atom. The lowest BCUT2D eigenvalue weighted by Gasteiger charge is -2.11. The van der Waals surface area contributed by atoms with Gasteiger partial charge in [0.25, 0.3) is 0 Å². The minimum atomic E-state index is 0.735. The van der Waals surface area contributed by atoms with Crippen molar-refractivity contribution in [1.82, 2.24) is 14.9 Å². The molecule has 0 amide bonds. The maximum atomic E-state index is 4.32. The molecule has 1 aromatic heterocycles. The van der Waals surface area contributed by atoms with Crippen LogP contribution in [0.4, 0.5) is 5.95 Å². The maximum Gasteiger partial charge on any atom is 0.222 e. The van der Waals surface area contributed by atoms with Gasteiger partial charge in [0, 0.05) is 25.0 Å². The number of aryl methyl sites for hydroxylation is 1. The molecular weight excluding hydrogens is 188 g/mol. The molecule has 0 bridgehead atoms. The number of anilines is 1. The molecule has 0 saturated carbocycles. The first-order chi connectivity index (χ1) is 7.24. The summed E-state index contributed by atoms with van der Waals surface area (Å²) in [6.07, 6.45) is 3.07. The van der Waals surface area contributed by atoms with Crippen LogP contribution >= 0.6 is 0 Å². The van der Waals surface area contributed by atoms with Crippen LogP contribution < -0.4 is 5.32 Å². The largest absolute Gasteiger partial charge is 0.354 e. The molecule has 0 aliphatic carbocycles. The lowest BCUT2D eigenvalue weighted by Crippen LogP contribution is -2.19. The summed E-state index contributed by atoms with van der Waals surface area (Å²) in [7, 11) is 2.17. The van der Waals surface area contributed by atoms with E-state index >= 15 is 0 Å². The SMILES string of the molecule is Cc1ccnc(NCC2CCN(C)C2)n1. The normalized spacial score (nSPS) is 21.9. The molecule has 2 heterocycles. The van der Waals surface area contributed by atoms with Crippen molar-refractivity contribution in [3.05, 3.63) is 18.0 Å². The number of rotatable bonds is 3. The summed E-state index contributed by atoms with van der Waals surface area (Å²) in [6.45, 7) is 5.35. The van der Waals surface area contributed by atoms with E-state index in [0.717, 1.165) is 24.1 Å². The van der Waals surface area contributed by atoms with Gasteiger partial charge in [-0.1, -0.05) is 0 Å². The van der Waals surface area contributed by atoms with Gasteiger partial charge >= 0.3 is 0 Å². The summed E-state index contributed by atoms with van der Waals surface area (Å²) in [6, 6.07) is 1.91. The van der Waals surface area contributed by atoms with Crippen LogP contribution in [-0.2, 0) is 0 Å². The predicted molar refractivity (Wildman–Crippen MR) is 60.9 cm³/mol. The van der Waals surface area contributed by atoms with Gasteiger partial charge in [-0.05, 0) is 38.9 Å². The molecule has 4 heteroatoms. The van der Waals surface area contributed by atoms with Gasteiger partial charge in [0.15, 0.2) is 0 Å². The molecule has 1 aromatic rings. The lowest BCUT2D eigenvalue weighted by atomic mass is 10.1. The van der Waals surface area contributed by atoms with E-state index in [1.807, 2.05) is 13.0 Å². The molecule has 1 fully saturated rings. The monoisotopic (exact) mass is 206 g/mol. The fourth-order valence-corrected chi connectivity index (χ4v) is 1.96. The zero-order chi connectivity index (χ0) is 10.7. The van der Waals surface area contributed by atoms with Crippen molar-refractivity contribution in [3.8, 4) is 0 Å². The first-order valence-corrected chi connectivity index (χ1v) is 5.46. The van der Waals surface area contributed by atoms with Gasteiger partial charge in [0.05, 0.1) is 0 Å².